The summed E-state index contributed by atoms with van der Waals surface area (Å²) in [5, 5.41) is 13.3. The zero-order valence-corrected chi connectivity index (χ0v) is 11.9. The van der Waals surface area contributed by atoms with Crippen molar-refractivity contribution in [3.63, 3.8) is 0 Å². The number of nitrogens with one attached hydrogen (secondary N) is 1. The summed E-state index contributed by atoms with van der Waals surface area (Å²) in [5.41, 5.74) is 1.32. The van der Waals surface area contributed by atoms with Gasteiger partial charge in [-0.2, -0.15) is 0 Å². The lowest BCUT2D eigenvalue weighted by Crippen LogP contribution is -2.41. The molecule has 1 fully saturated rings. The highest BCUT2D eigenvalue weighted by Crippen LogP contribution is 2.19. The third-order valence-corrected chi connectivity index (χ3v) is 3.87. The molecule has 1 aliphatic rings. The van der Waals surface area contributed by atoms with Crippen LogP contribution in [0.3, 0.4) is 0 Å². The summed E-state index contributed by atoms with van der Waals surface area (Å²) in [5.74, 6) is 0.903. The third kappa shape index (κ3) is 4.51. The van der Waals surface area contributed by atoms with E-state index in [1.54, 1.807) is 7.11 Å². The Bertz CT molecular complexity index is 377. The number of ether oxygens (including phenoxy) is 1. The molecule has 19 heavy (non-hydrogen) atoms. The second kappa shape index (κ2) is 6.92. The number of hydrogen-bond donors (Lipinski definition) is 2. The monoisotopic (exact) mass is 263 g/mol. The first kappa shape index (κ1) is 14.4. The highest BCUT2D eigenvalue weighted by atomic mass is 16.5. The Hall–Kier alpha value is -1.06. The van der Waals surface area contributed by atoms with E-state index in [-0.39, 0.29) is 6.10 Å². The quantitative estimate of drug-likeness (QED) is 0.857. The molecule has 0 heterocycles. The van der Waals surface area contributed by atoms with Gasteiger partial charge in [0, 0.05) is 12.1 Å². The van der Waals surface area contributed by atoms with Crippen molar-refractivity contribution in [2.45, 2.75) is 57.2 Å². The maximum absolute atomic E-state index is 9.69. The molecule has 3 nitrogen and oxygen atoms in total. The van der Waals surface area contributed by atoms with Gasteiger partial charge in [-0.1, -0.05) is 12.1 Å². The molecule has 0 amide bonds. The van der Waals surface area contributed by atoms with Crippen molar-refractivity contribution in [1.29, 1.82) is 0 Å². The zero-order chi connectivity index (χ0) is 13.7. The van der Waals surface area contributed by atoms with E-state index in [9.17, 15) is 5.11 Å². The van der Waals surface area contributed by atoms with Gasteiger partial charge in [-0.05, 0) is 56.7 Å². The fourth-order valence-corrected chi connectivity index (χ4v) is 2.89. The maximum Gasteiger partial charge on any atom is 0.118 e. The SMILES string of the molecule is COc1ccc(CC(C)NC2CCCC(O)C2)cc1. The molecule has 3 atom stereocenters. The summed E-state index contributed by atoms with van der Waals surface area (Å²) >= 11 is 0. The average Bonchev–Trinajstić information content (AvgIpc) is 2.39. The highest BCUT2D eigenvalue weighted by Gasteiger charge is 2.21. The third-order valence-electron chi connectivity index (χ3n) is 3.87. The topological polar surface area (TPSA) is 41.5 Å². The highest BCUT2D eigenvalue weighted by molar-refractivity contribution is 5.27. The Labute approximate surface area is 116 Å². The first-order valence-electron chi connectivity index (χ1n) is 7.24. The van der Waals surface area contributed by atoms with Crippen molar-refractivity contribution >= 4 is 0 Å². The van der Waals surface area contributed by atoms with Crippen LogP contribution in [0, 0.1) is 0 Å². The van der Waals surface area contributed by atoms with E-state index in [0.29, 0.717) is 12.1 Å². The van der Waals surface area contributed by atoms with Gasteiger partial charge in [0.2, 0.25) is 0 Å². The largest absolute Gasteiger partial charge is 0.497 e. The summed E-state index contributed by atoms with van der Waals surface area (Å²) in [6.07, 6.45) is 5.08. The molecule has 0 spiro atoms. The molecule has 0 saturated heterocycles. The van der Waals surface area contributed by atoms with Crippen LogP contribution in [0.1, 0.15) is 38.2 Å². The van der Waals surface area contributed by atoms with Crippen molar-refractivity contribution < 1.29 is 9.84 Å². The van der Waals surface area contributed by atoms with Gasteiger partial charge in [0.25, 0.3) is 0 Å². The molecular formula is C16H25NO2. The molecule has 2 N–H and O–H groups in total. The van der Waals surface area contributed by atoms with E-state index >= 15 is 0 Å². The van der Waals surface area contributed by atoms with E-state index in [4.69, 9.17) is 4.74 Å². The Kier molecular flexibility index (Phi) is 5.23. The van der Waals surface area contributed by atoms with E-state index in [2.05, 4.69) is 24.4 Å². The molecular weight excluding hydrogens is 238 g/mol. The van der Waals surface area contributed by atoms with Crippen LogP contribution in [-0.2, 0) is 6.42 Å². The summed E-state index contributed by atoms with van der Waals surface area (Å²) < 4.78 is 5.16. The number of rotatable bonds is 5. The van der Waals surface area contributed by atoms with Crippen molar-refractivity contribution in [3.8, 4) is 5.75 Å². The van der Waals surface area contributed by atoms with Crippen LogP contribution in [0.2, 0.25) is 0 Å². The molecule has 0 bridgehead atoms. The van der Waals surface area contributed by atoms with Gasteiger partial charge in [-0.25, -0.2) is 0 Å². The molecule has 1 saturated carbocycles. The predicted molar refractivity (Wildman–Crippen MR) is 77.6 cm³/mol. The number of aliphatic hydroxyl groups excluding tert-OH is 1. The minimum Gasteiger partial charge on any atom is -0.497 e. The lowest BCUT2D eigenvalue weighted by atomic mass is 9.92. The van der Waals surface area contributed by atoms with Crippen LogP contribution in [0.25, 0.3) is 0 Å². The van der Waals surface area contributed by atoms with Crippen molar-refractivity contribution in [3.05, 3.63) is 29.8 Å². The van der Waals surface area contributed by atoms with Crippen LogP contribution >= 0.6 is 0 Å². The summed E-state index contributed by atoms with van der Waals surface area (Å²) in [7, 11) is 1.69. The van der Waals surface area contributed by atoms with Crippen LogP contribution < -0.4 is 10.1 Å². The number of methoxy groups -OCH3 is 1. The smallest absolute Gasteiger partial charge is 0.118 e. The molecule has 2 rings (SSSR count). The standard InChI is InChI=1S/C16H25NO2/c1-12(17-14-4-3-5-15(18)11-14)10-13-6-8-16(19-2)9-7-13/h6-9,12,14-15,17-18H,3-5,10-11H2,1-2H3. The molecule has 1 aromatic carbocycles. The van der Waals surface area contributed by atoms with E-state index in [1.165, 1.54) is 12.0 Å². The molecule has 0 aliphatic heterocycles. The Morgan fingerprint density at radius 2 is 2.05 bits per heavy atom. The predicted octanol–water partition coefficient (Wildman–Crippen LogP) is 2.52. The van der Waals surface area contributed by atoms with Crippen molar-refractivity contribution in [2.24, 2.45) is 0 Å². The van der Waals surface area contributed by atoms with Gasteiger partial charge in [0.1, 0.15) is 5.75 Å². The summed E-state index contributed by atoms with van der Waals surface area (Å²) in [4.78, 5) is 0. The van der Waals surface area contributed by atoms with Crippen LogP contribution in [0.5, 0.6) is 5.75 Å². The second-order valence-corrected chi connectivity index (χ2v) is 5.64. The van der Waals surface area contributed by atoms with Gasteiger partial charge >= 0.3 is 0 Å². The van der Waals surface area contributed by atoms with Gasteiger partial charge in [0.05, 0.1) is 13.2 Å². The number of hydrogen-bond acceptors (Lipinski definition) is 3. The van der Waals surface area contributed by atoms with Crippen molar-refractivity contribution in [1.82, 2.24) is 5.32 Å². The molecule has 1 aliphatic carbocycles. The van der Waals surface area contributed by atoms with Crippen LogP contribution in [0.4, 0.5) is 0 Å². The van der Waals surface area contributed by atoms with Crippen LogP contribution in [-0.4, -0.2) is 30.4 Å². The molecule has 0 aromatic heterocycles. The molecule has 0 radical (unpaired) electrons. The number of aliphatic hydroxyl groups is 1. The van der Waals surface area contributed by atoms with E-state index in [0.717, 1.165) is 31.4 Å². The Balaban J connectivity index is 1.81. The van der Waals surface area contributed by atoms with Gasteiger partial charge < -0.3 is 15.2 Å². The molecule has 1 aromatic rings. The lowest BCUT2D eigenvalue weighted by molar-refractivity contribution is 0.109. The summed E-state index contributed by atoms with van der Waals surface area (Å²) in [6.45, 7) is 2.21. The molecule has 3 heteroatoms. The van der Waals surface area contributed by atoms with E-state index < -0.39 is 0 Å². The van der Waals surface area contributed by atoms with Gasteiger partial charge in [-0.15, -0.1) is 0 Å². The van der Waals surface area contributed by atoms with Gasteiger partial charge in [0.15, 0.2) is 0 Å². The first-order valence-corrected chi connectivity index (χ1v) is 7.24. The minimum absolute atomic E-state index is 0.112. The zero-order valence-electron chi connectivity index (χ0n) is 11.9. The first-order chi connectivity index (χ1) is 9.17. The van der Waals surface area contributed by atoms with Gasteiger partial charge in [-0.3, -0.25) is 0 Å². The Morgan fingerprint density at radius 1 is 1.32 bits per heavy atom. The van der Waals surface area contributed by atoms with Crippen LogP contribution in [0.15, 0.2) is 24.3 Å². The van der Waals surface area contributed by atoms with E-state index in [1.807, 2.05) is 12.1 Å². The normalized spacial score (nSPS) is 25.0. The number of benzene rings is 1. The summed E-state index contributed by atoms with van der Waals surface area (Å²) in [6, 6.07) is 9.15. The van der Waals surface area contributed by atoms with Crippen molar-refractivity contribution in [2.75, 3.05) is 7.11 Å². The second-order valence-electron chi connectivity index (χ2n) is 5.64. The Morgan fingerprint density at radius 3 is 2.68 bits per heavy atom. The molecule has 106 valence electrons. The fourth-order valence-electron chi connectivity index (χ4n) is 2.89. The minimum atomic E-state index is -0.112. The average molecular weight is 263 g/mol. The fraction of sp³-hybridized carbons (Fsp3) is 0.625. The maximum atomic E-state index is 9.69. The molecule has 3 unspecified atom stereocenters. The lowest BCUT2D eigenvalue weighted by Gasteiger charge is -2.29.